The molecule has 2 saturated carbocycles. The first-order valence-corrected chi connectivity index (χ1v) is 20.0. The summed E-state index contributed by atoms with van der Waals surface area (Å²) in [5, 5.41) is 18.5. The lowest BCUT2D eigenvalue weighted by Crippen LogP contribution is -2.36. The SMILES string of the molecule is C.O=C(NO)[C@@H]1CCCC[C@@H]1SCCc1ccc(-c2ccccc2)cc1.O=C(NO)[C@H]1CCCC[C@H]1SCCc1ccc(-c2ccccc2)cc1. The summed E-state index contributed by atoms with van der Waals surface area (Å²) in [5.74, 6) is 1.47. The molecule has 4 aromatic carbocycles. The summed E-state index contributed by atoms with van der Waals surface area (Å²) in [6.07, 6.45) is 10.4. The number of amides is 2. The van der Waals surface area contributed by atoms with Crippen LogP contribution in [0.25, 0.3) is 22.3 Å². The number of aryl methyl sites for hydroxylation is 2. The molecule has 0 unspecified atom stereocenters. The van der Waals surface area contributed by atoms with Crippen LogP contribution in [0.15, 0.2) is 109 Å². The Bertz CT molecular complexity index is 1470. The molecule has 2 fully saturated rings. The number of benzene rings is 4. The number of hydroxylamine groups is 2. The number of carbonyl (C=O) groups excluding carboxylic acids is 2. The quantitative estimate of drug-likeness (QED) is 0.0857. The maximum atomic E-state index is 11.8. The van der Waals surface area contributed by atoms with Crippen molar-refractivity contribution in [2.24, 2.45) is 11.8 Å². The number of hydrogen-bond donors (Lipinski definition) is 4. The van der Waals surface area contributed by atoms with Crippen molar-refractivity contribution < 1.29 is 20.0 Å². The van der Waals surface area contributed by atoms with Gasteiger partial charge in [0.05, 0.1) is 11.8 Å². The van der Waals surface area contributed by atoms with Crippen LogP contribution in [0.5, 0.6) is 0 Å². The maximum absolute atomic E-state index is 11.8. The van der Waals surface area contributed by atoms with Gasteiger partial charge in [-0.15, -0.1) is 0 Å². The Labute approximate surface area is 313 Å². The van der Waals surface area contributed by atoms with Crippen molar-refractivity contribution in [3.63, 3.8) is 0 Å². The topological polar surface area (TPSA) is 98.7 Å². The van der Waals surface area contributed by atoms with Gasteiger partial charge in [0.2, 0.25) is 11.8 Å². The van der Waals surface area contributed by atoms with Crippen LogP contribution in [0, 0.1) is 11.8 Å². The third-order valence-corrected chi connectivity index (χ3v) is 12.7. The van der Waals surface area contributed by atoms with Gasteiger partial charge in [0.15, 0.2) is 0 Å². The Kier molecular flexibility index (Phi) is 17.1. The second-order valence-electron chi connectivity index (χ2n) is 13.2. The molecule has 6 rings (SSSR count). The third-order valence-electron chi connectivity index (χ3n) is 9.87. The molecule has 0 heterocycles. The maximum Gasteiger partial charge on any atom is 0.247 e. The lowest BCUT2D eigenvalue weighted by Gasteiger charge is -2.29. The number of rotatable bonds is 12. The average molecular weight is 727 g/mol. The van der Waals surface area contributed by atoms with E-state index in [1.807, 2.05) is 46.6 Å². The molecule has 0 bridgehead atoms. The van der Waals surface area contributed by atoms with Crippen molar-refractivity contribution in [1.29, 1.82) is 0 Å². The summed E-state index contributed by atoms with van der Waals surface area (Å²) in [5.41, 5.74) is 11.3. The Hall–Kier alpha value is -3.56. The second kappa shape index (κ2) is 21.7. The highest BCUT2D eigenvalue weighted by Crippen LogP contribution is 2.35. The first-order chi connectivity index (χ1) is 24.6. The summed E-state index contributed by atoms with van der Waals surface area (Å²) in [7, 11) is 0. The van der Waals surface area contributed by atoms with Gasteiger partial charge >= 0.3 is 0 Å². The van der Waals surface area contributed by atoms with E-state index >= 15 is 0 Å². The Morgan fingerprint density at radius 2 is 0.843 bits per heavy atom. The molecule has 51 heavy (non-hydrogen) atoms. The lowest BCUT2D eigenvalue weighted by atomic mass is 9.88. The van der Waals surface area contributed by atoms with Crippen LogP contribution < -0.4 is 11.0 Å². The number of nitrogens with one attached hydrogen (secondary N) is 2. The fraction of sp³-hybridized carbons (Fsp3) is 0.395. The highest BCUT2D eigenvalue weighted by Gasteiger charge is 2.32. The van der Waals surface area contributed by atoms with Gasteiger partial charge in [-0.3, -0.25) is 20.0 Å². The van der Waals surface area contributed by atoms with Crippen LogP contribution in [0.1, 0.15) is 69.9 Å². The minimum Gasteiger partial charge on any atom is -0.289 e. The van der Waals surface area contributed by atoms with Crippen LogP contribution >= 0.6 is 23.5 Å². The normalized spacial score (nSPS) is 19.8. The van der Waals surface area contributed by atoms with Crippen LogP contribution in [0.2, 0.25) is 0 Å². The molecule has 0 spiro atoms. The molecule has 0 saturated heterocycles. The van der Waals surface area contributed by atoms with Gasteiger partial charge in [-0.05, 0) is 83.4 Å². The number of hydrogen-bond acceptors (Lipinski definition) is 6. The molecule has 4 atom stereocenters. The van der Waals surface area contributed by atoms with E-state index in [-0.39, 0.29) is 31.1 Å². The molecule has 272 valence electrons. The molecule has 8 heteroatoms. The predicted octanol–water partition coefficient (Wildman–Crippen LogP) is 10.0. The van der Waals surface area contributed by atoms with E-state index in [1.165, 1.54) is 46.2 Å². The highest BCUT2D eigenvalue weighted by atomic mass is 32.2. The predicted molar refractivity (Wildman–Crippen MR) is 214 cm³/mol. The van der Waals surface area contributed by atoms with E-state index in [0.717, 1.165) is 62.9 Å². The second-order valence-corrected chi connectivity index (χ2v) is 15.9. The highest BCUT2D eigenvalue weighted by molar-refractivity contribution is 8.00. The smallest absolute Gasteiger partial charge is 0.247 e. The summed E-state index contributed by atoms with van der Waals surface area (Å²) in [4.78, 5) is 23.6. The molecule has 0 aromatic heterocycles. The number of thioether (sulfide) groups is 2. The van der Waals surface area contributed by atoms with E-state index in [9.17, 15) is 9.59 Å². The molecule has 0 radical (unpaired) electrons. The standard InChI is InChI=1S/2C21H25NO2S.CH4/c2*23-21(22-24)19-8-4-5-9-20(19)25-15-14-16-10-12-18(13-11-16)17-6-2-1-3-7-17;/h2*1-3,6-7,10-13,19-20,24H,4-5,8-9,14-15H2,(H,22,23);1H4/t2*19-,20+;/m10./s1. The van der Waals surface area contributed by atoms with E-state index in [1.54, 1.807) is 0 Å². The van der Waals surface area contributed by atoms with Crippen LogP contribution in [-0.2, 0) is 22.4 Å². The average Bonchev–Trinajstić information content (AvgIpc) is 3.19. The number of carbonyl (C=O) groups is 2. The minimum absolute atomic E-state index is 0. The fourth-order valence-electron chi connectivity index (χ4n) is 7.00. The van der Waals surface area contributed by atoms with Crippen LogP contribution in [0.3, 0.4) is 0 Å². The Balaban J connectivity index is 0.000000224. The Morgan fingerprint density at radius 1 is 0.510 bits per heavy atom. The molecule has 2 amide bonds. The zero-order valence-electron chi connectivity index (χ0n) is 28.7. The molecule has 2 aliphatic carbocycles. The zero-order chi connectivity index (χ0) is 35.0. The van der Waals surface area contributed by atoms with Crippen molar-refractivity contribution in [3.05, 3.63) is 120 Å². The first kappa shape index (κ1) is 40.2. The van der Waals surface area contributed by atoms with Gasteiger partial charge in [-0.2, -0.15) is 23.5 Å². The fourth-order valence-corrected chi connectivity index (χ4v) is 9.97. The summed E-state index contributed by atoms with van der Waals surface area (Å²) in [6, 6.07) is 38.3. The van der Waals surface area contributed by atoms with Gasteiger partial charge in [-0.25, -0.2) is 11.0 Å². The van der Waals surface area contributed by atoms with Crippen LogP contribution in [0.4, 0.5) is 0 Å². The molecular formula is C43H54N2O4S2. The molecule has 2 aliphatic rings. The van der Waals surface area contributed by atoms with E-state index < -0.39 is 0 Å². The molecule has 6 nitrogen and oxygen atoms in total. The van der Waals surface area contributed by atoms with Gasteiger partial charge in [0.1, 0.15) is 0 Å². The van der Waals surface area contributed by atoms with Crippen LogP contribution in [-0.4, -0.2) is 44.2 Å². The van der Waals surface area contributed by atoms with E-state index in [0.29, 0.717) is 10.5 Å². The van der Waals surface area contributed by atoms with Gasteiger partial charge in [0, 0.05) is 10.5 Å². The summed E-state index contributed by atoms with van der Waals surface area (Å²) in [6.45, 7) is 0. The lowest BCUT2D eigenvalue weighted by molar-refractivity contribution is -0.134. The summed E-state index contributed by atoms with van der Waals surface area (Å²) >= 11 is 3.75. The molecule has 0 aliphatic heterocycles. The van der Waals surface area contributed by atoms with Crippen molar-refractivity contribution in [3.8, 4) is 22.3 Å². The minimum atomic E-state index is -0.218. The first-order valence-electron chi connectivity index (χ1n) is 18.0. The van der Waals surface area contributed by atoms with E-state index in [4.69, 9.17) is 10.4 Å². The molecular weight excluding hydrogens is 673 g/mol. The van der Waals surface area contributed by atoms with Crippen molar-refractivity contribution in [2.45, 2.75) is 82.1 Å². The van der Waals surface area contributed by atoms with Crippen molar-refractivity contribution in [2.75, 3.05) is 11.5 Å². The molecule has 4 aromatic rings. The van der Waals surface area contributed by atoms with E-state index in [2.05, 4.69) is 97.1 Å². The van der Waals surface area contributed by atoms with Gasteiger partial charge in [-0.1, -0.05) is 142 Å². The Morgan fingerprint density at radius 3 is 1.20 bits per heavy atom. The largest absolute Gasteiger partial charge is 0.289 e. The molecule has 4 N–H and O–H groups in total. The zero-order valence-corrected chi connectivity index (χ0v) is 30.3. The monoisotopic (exact) mass is 726 g/mol. The summed E-state index contributed by atoms with van der Waals surface area (Å²) < 4.78 is 0. The van der Waals surface area contributed by atoms with Gasteiger partial charge in [0.25, 0.3) is 0 Å². The van der Waals surface area contributed by atoms with Gasteiger partial charge < -0.3 is 0 Å². The third kappa shape index (κ3) is 12.3. The van der Waals surface area contributed by atoms with Crippen molar-refractivity contribution >= 4 is 35.3 Å². The van der Waals surface area contributed by atoms with Crippen molar-refractivity contribution in [1.82, 2.24) is 11.0 Å².